The molecule has 1 spiro atoms. The molecule has 0 bridgehead atoms. The van der Waals surface area contributed by atoms with Crippen LogP contribution < -0.4 is 16.4 Å². The fourth-order valence-corrected chi connectivity index (χ4v) is 3.86. The number of urea groups is 1. The number of hydrogen-bond donors (Lipinski definition) is 3. The van der Waals surface area contributed by atoms with Crippen LogP contribution in [0.5, 0.6) is 0 Å². The third-order valence-corrected chi connectivity index (χ3v) is 5.85. The van der Waals surface area contributed by atoms with Gasteiger partial charge in [0.05, 0.1) is 0 Å². The van der Waals surface area contributed by atoms with E-state index in [9.17, 15) is 14.4 Å². The first kappa shape index (κ1) is 20.0. The maximum atomic E-state index is 12.7. The van der Waals surface area contributed by atoms with Crippen molar-refractivity contribution in [2.75, 3.05) is 13.1 Å². The lowest BCUT2D eigenvalue weighted by Crippen LogP contribution is -2.50. The molecular weight excluding hydrogens is 344 g/mol. The second-order valence-electron chi connectivity index (χ2n) is 7.56. The molecule has 1 atom stereocenters. The molecule has 1 heterocycles. The van der Waals surface area contributed by atoms with Crippen molar-refractivity contribution in [2.45, 2.75) is 63.5 Å². The lowest BCUT2D eigenvalue weighted by molar-refractivity contribution is -0.136. The van der Waals surface area contributed by atoms with Gasteiger partial charge in [0.1, 0.15) is 12.1 Å². The largest absolute Gasteiger partial charge is 0.353 e. The summed E-state index contributed by atoms with van der Waals surface area (Å²) in [6, 6.07) is -0.482. The van der Waals surface area contributed by atoms with Gasteiger partial charge in [0, 0.05) is 12.6 Å². The minimum Gasteiger partial charge on any atom is -0.353 e. The molecule has 0 aromatic heterocycles. The van der Waals surface area contributed by atoms with E-state index in [1.54, 1.807) is 0 Å². The van der Waals surface area contributed by atoms with Crippen LogP contribution in [0.3, 0.4) is 0 Å². The fraction of sp³-hybridized carbons (Fsp3) is 0.824. The van der Waals surface area contributed by atoms with Crippen LogP contribution in [0.2, 0.25) is 0 Å². The SMILES string of the molecule is CCC1CCC2(CC1)NC(=O)N(CC(=O)NCC(N)C1CC1)C2=O.Cl. The summed E-state index contributed by atoms with van der Waals surface area (Å²) in [7, 11) is 0. The molecule has 4 N–H and O–H groups in total. The van der Waals surface area contributed by atoms with Crippen molar-refractivity contribution in [1.82, 2.24) is 15.5 Å². The van der Waals surface area contributed by atoms with Crippen LogP contribution in [-0.2, 0) is 9.59 Å². The Labute approximate surface area is 154 Å². The molecule has 3 rings (SSSR count). The first-order valence-electron chi connectivity index (χ1n) is 9.11. The van der Waals surface area contributed by atoms with Crippen LogP contribution in [0.15, 0.2) is 0 Å². The molecule has 1 aliphatic heterocycles. The molecule has 2 aliphatic carbocycles. The molecule has 142 valence electrons. The Morgan fingerprint density at radius 1 is 1.32 bits per heavy atom. The van der Waals surface area contributed by atoms with Gasteiger partial charge in [0.15, 0.2) is 0 Å². The van der Waals surface area contributed by atoms with Crippen molar-refractivity contribution in [3.8, 4) is 0 Å². The number of carbonyl (C=O) groups excluding carboxylic acids is 3. The predicted molar refractivity (Wildman–Crippen MR) is 96.2 cm³/mol. The minimum absolute atomic E-state index is 0. The summed E-state index contributed by atoms with van der Waals surface area (Å²) in [4.78, 5) is 38.0. The smallest absolute Gasteiger partial charge is 0.325 e. The molecule has 3 fully saturated rings. The lowest BCUT2D eigenvalue weighted by Gasteiger charge is -2.34. The molecule has 1 unspecified atom stereocenters. The average molecular weight is 373 g/mol. The molecule has 3 aliphatic rings. The summed E-state index contributed by atoms with van der Waals surface area (Å²) >= 11 is 0. The molecule has 4 amide bonds. The number of imide groups is 1. The molecule has 0 aromatic carbocycles. The second-order valence-corrected chi connectivity index (χ2v) is 7.56. The molecule has 7 nitrogen and oxygen atoms in total. The van der Waals surface area contributed by atoms with Gasteiger partial charge in [-0.15, -0.1) is 12.4 Å². The molecule has 2 saturated carbocycles. The minimum atomic E-state index is -0.784. The van der Waals surface area contributed by atoms with E-state index in [-0.39, 0.29) is 36.8 Å². The van der Waals surface area contributed by atoms with Crippen molar-refractivity contribution in [1.29, 1.82) is 0 Å². The first-order valence-corrected chi connectivity index (χ1v) is 9.11. The van der Waals surface area contributed by atoms with Gasteiger partial charge in [-0.25, -0.2) is 4.79 Å². The summed E-state index contributed by atoms with van der Waals surface area (Å²) in [5.41, 5.74) is 5.17. The number of nitrogens with two attached hydrogens (primary N) is 1. The highest BCUT2D eigenvalue weighted by molar-refractivity contribution is 6.09. The number of nitrogens with one attached hydrogen (secondary N) is 2. The van der Waals surface area contributed by atoms with Crippen molar-refractivity contribution in [2.24, 2.45) is 17.6 Å². The van der Waals surface area contributed by atoms with Gasteiger partial charge in [-0.2, -0.15) is 0 Å². The predicted octanol–water partition coefficient (Wildman–Crippen LogP) is 1.15. The zero-order valence-electron chi connectivity index (χ0n) is 14.8. The number of carbonyl (C=O) groups is 3. The van der Waals surface area contributed by atoms with Crippen molar-refractivity contribution in [3.63, 3.8) is 0 Å². The van der Waals surface area contributed by atoms with Gasteiger partial charge in [-0.1, -0.05) is 13.3 Å². The van der Waals surface area contributed by atoms with Gasteiger partial charge in [-0.05, 0) is 50.4 Å². The topological polar surface area (TPSA) is 105 Å². The van der Waals surface area contributed by atoms with Gasteiger partial charge in [0.2, 0.25) is 5.91 Å². The van der Waals surface area contributed by atoms with Gasteiger partial charge in [-0.3, -0.25) is 14.5 Å². The monoisotopic (exact) mass is 372 g/mol. The number of rotatable bonds is 6. The summed E-state index contributed by atoms with van der Waals surface area (Å²) in [6.07, 6.45) is 6.56. The van der Waals surface area contributed by atoms with E-state index in [1.807, 2.05) is 0 Å². The van der Waals surface area contributed by atoms with E-state index in [0.717, 1.165) is 37.0 Å². The third kappa shape index (κ3) is 4.26. The van der Waals surface area contributed by atoms with E-state index in [2.05, 4.69) is 17.6 Å². The summed E-state index contributed by atoms with van der Waals surface area (Å²) in [5.74, 6) is 0.554. The van der Waals surface area contributed by atoms with E-state index in [0.29, 0.717) is 31.2 Å². The number of halogens is 1. The molecule has 8 heteroatoms. The highest BCUT2D eigenvalue weighted by atomic mass is 35.5. The van der Waals surface area contributed by atoms with Gasteiger partial charge >= 0.3 is 6.03 Å². The average Bonchev–Trinajstić information content (AvgIpc) is 3.39. The van der Waals surface area contributed by atoms with E-state index >= 15 is 0 Å². The molecule has 25 heavy (non-hydrogen) atoms. The van der Waals surface area contributed by atoms with Gasteiger partial charge in [0.25, 0.3) is 5.91 Å². The Kier molecular flexibility index (Phi) is 6.32. The van der Waals surface area contributed by atoms with Crippen LogP contribution in [0.4, 0.5) is 4.79 Å². The summed E-state index contributed by atoms with van der Waals surface area (Å²) < 4.78 is 0. The molecule has 1 saturated heterocycles. The Morgan fingerprint density at radius 3 is 2.52 bits per heavy atom. The van der Waals surface area contributed by atoms with Crippen molar-refractivity contribution >= 4 is 30.3 Å². The number of amides is 4. The first-order chi connectivity index (χ1) is 11.4. The van der Waals surface area contributed by atoms with Gasteiger partial charge < -0.3 is 16.4 Å². The second kappa shape index (κ2) is 7.91. The van der Waals surface area contributed by atoms with E-state index in [1.165, 1.54) is 0 Å². The van der Waals surface area contributed by atoms with Crippen LogP contribution in [0.1, 0.15) is 51.9 Å². The maximum Gasteiger partial charge on any atom is 0.325 e. The summed E-state index contributed by atoms with van der Waals surface area (Å²) in [6.45, 7) is 2.33. The lowest BCUT2D eigenvalue weighted by atomic mass is 9.75. The number of nitrogens with zero attached hydrogens (tertiary/aromatic N) is 1. The zero-order valence-corrected chi connectivity index (χ0v) is 15.6. The molecule has 0 aromatic rings. The summed E-state index contributed by atoms with van der Waals surface area (Å²) in [5, 5.41) is 5.59. The Balaban J connectivity index is 0.00000225. The molecule has 0 radical (unpaired) electrons. The van der Waals surface area contributed by atoms with Crippen LogP contribution in [0, 0.1) is 11.8 Å². The van der Waals surface area contributed by atoms with Crippen LogP contribution in [0.25, 0.3) is 0 Å². The highest BCUT2D eigenvalue weighted by Gasteiger charge is 2.52. The fourth-order valence-electron chi connectivity index (χ4n) is 3.86. The van der Waals surface area contributed by atoms with Crippen LogP contribution >= 0.6 is 12.4 Å². The third-order valence-electron chi connectivity index (χ3n) is 5.85. The van der Waals surface area contributed by atoms with Crippen LogP contribution in [-0.4, -0.2) is 47.4 Å². The van der Waals surface area contributed by atoms with E-state index in [4.69, 9.17) is 5.73 Å². The molecular formula is C17H29ClN4O3. The zero-order chi connectivity index (χ0) is 17.3. The van der Waals surface area contributed by atoms with Crippen molar-refractivity contribution in [3.05, 3.63) is 0 Å². The highest BCUT2D eigenvalue weighted by Crippen LogP contribution is 2.37. The van der Waals surface area contributed by atoms with E-state index < -0.39 is 11.6 Å². The van der Waals surface area contributed by atoms with Crippen molar-refractivity contribution < 1.29 is 14.4 Å². The number of hydrogen-bond acceptors (Lipinski definition) is 4. The Morgan fingerprint density at radius 2 is 1.96 bits per heavy atom. The Hall–Kier alpha value is -1.34. The maximum absolute atomic E-state index is 12.7. The quantitative estimate of drug-likeness (QED) is 0.608. The Bertz CT molecular complexity index is 530. The standard InChI is InChI=1S/C17H28N4O3.ClH/c1-2-11-5-7-17(8-6-11)15(23)21(16(24)20-17)10-14(22)19-9-13(18)12-3-4-12;/h11-13H,2-10,18H2,1H3,(H,19,22)(H,20,24);1H. The normalized spacial score (nSPS) is 30.0.